The summed E-state index contributed by atoms with van der Waals surface area (Å²) in [5.41, 5.74) is 8.60. The highest BCUT2D eigenvalue weighted by Gasteiger charge is 2.03. The molecule has 0 aliphatic heterocycles. The Hall–Kier alpha value is -1.59. The average Bonchev–Trinajstić information content (AvgIpc) is 2.42. The molecule has 1 aromatic rings. The van der Waals surface area contributed by atoms with E-state index >= 15 is 0 Å². The maximum Gasteiger partial charge on any atom is 0.170 e. The summed E-state index contributed by atoms with van der Waals surface area (Å²) in [6, 6.07) is 5.76. The van der Waals surface area contributed by atoms with Crippen LogP contribution in [-0.2, 0) is 11.3 Å². The Bertz CT molecular complexity index is 445. The van der Waals surface area contributed by atoms with E-state index in [1.807, 2.05) is 25.1 Å². The molecular formula is C15H25N3O2. The molecule has 0 bridgehead atoms. The van der Waals surface area contributed by atoms with Gasteiger partial charge in [-0.2, -0.15) is 0 Å². The van der Waals surface area contributed by atoms with Crippen molar-refractivity contribution >= 4 is 5.84 Å². The van der Waals surface area contributed by atoms with Crippen LogP contribution in [0.4, 0.5) is 0 Å². The molecule has 1 rings (SSSR count). The highest BCUT2D eigenvalue weighted by molar-refractivity contribution is 5.97. The number of oxime groups is 1. The fourth-order valence-electron chi connectivity index (χ4n) is 1.80. The molecule has 0 fully saturated rings. The van der Waals surface area contributed by atoms with E-state index in [0.29, 0.717) is 5.92 Å². The molecule has 0 aromatic heterocycles. The number of hydrogen-bond acceptors (Lipinski definition) is 4. The molecule has 1 aromatic carbocycles. The molecule has 20 heavy (non-hydrogen) atoms. The van der Waals surface area contributed by atoms with Crippen molar-refractivity contribution in [3.05, 3.63) is 34.9 Å². The Balaban J connectivity index is 2.38. The molecule has 0 heterocycles. The maximum atomic E-state index is 8.65. The molecule has 0 aliphatic rings. The van der Waals surface area contributed by atoms with Crippen LogP contribution in [0.3, 0.4) is 0 Å². The zero-order chi connectivity index (χ0) is 15.0. The van der Waals surface area contributed by atoms with E-state index in [1.54, 1.807) is 0 Å². The Morgan fingerprint density at radius 3 is 2.80 bits per heavy atom. The van der Waals surface area contributed by atoms with Crippen LogP contribution in [0.2, 0.25) is 0 Å². The lowest BCUT2D eigenvalue weighted by molar-refractivity contribution is 0.111. The number of nitrogens with one attached hydrogen (secondary N) is 1. The van der Waals surface area contributed by atoms with Crippen molar-refractivity contribution < 1.29 is 9.94 Å². The van der Waals surface area contributed by atoms with Gasteiger partial charge in [0.15, 0.2) is 5.84 Å². The van der Waals surface area contributed by atoms with Gasteiger partial charge in [0.25, 0.3) is 0 Å². The van der Waals surface area contributed by atoms with Gasteiger partial charge in [-0.05, 0) is 30.0 Å². The van der Waals surface area contributed by atoms with E-state index in [1.165, 1.54) is 5.56 Å². The molecule has 0 saturated carbocycles. The van der Waals surface area contributed by atoms with Crippen LogP contribution >= 0.6 is 0 Å². The maximum absolute atomic E-state index is 8.65. The molecule has 5 heteroatoms. The normalized spacial score (nSPS) is 12.1. The first-order chi connectivity index (χ1) is 9.54. The minimum Gasteiger partial charge on any atom is -0.409 e. The number of nitrogens with zero attached hydrogens (tertiary/aromatic N) is 1. The topological polar surface area (TPSA) is 79.9 Å². The van der Waals surface area contributed by atoms with Gasteiger partial charge in [-0.15, -0.1) is 0 Å². The van der Waals surface area contributed by atoms with Gasteiger partial charge in [0.1, 0.15) is 0 Å². The lowest BCUT2D eigenvalue weighted by atomic mass is 10.0. The van der Waals surface area contributed by atoms with E-state index in [4.69, 9.17) is 15.7 Å². The predicted octanol–water partition coefficient (Wildman–Crippen LogP) is 1.85. The largest absolute Gasteiger partial charge is 0.409 e. The van der Waals surface area contributed by atoms with Crippen molar-refractivity contribution in [3.8, 4) is 0 Å². The number of nitrogens with two attached hydrogens (primary N) is 1. The van der Waals surface area contributed by atoms with Crippen molar-refractivity contribution in [2.24, 2.45) is 16.8 Å². The Morgan fingerprint density at radius 2 is 2.20 bits per heavy atom. The van der Waals surface area contributed by atoms with Crippen LogP contribution in [-0.4, -0.2) is 30.8 Å². The fraction of sp³-hybridized carbons (Fsp3) is 0.533. The Kier molecular flexibility index (Phi) is 7.04. The number of hydrogen-bond donors (Lipinski definition) is 3. The van der Waals surface area contributed by atoms with Crippen LogP contribution in [0, 0.1) is 12.8 Å². The molecule has 0 radical (unpaired) electrons. The second kappa shape index (κ2) is 8.55. The quantitative estimate of drug-likeness (QED) is 0.223. The summed E-state index contributed by atoms with van der Waals surface area (Å²) in [6.07, 6.45) is 0. The van der Waals surface area contributed by atoms with Crippen LogP contribution < -0.4 is 11.1 Å². The van der Waals surface area contributed by atoms with Gasteiger partial charge >= 0.3 is 0 Å². The minimum atomic E-state index is 0.134. The third kappa shape index (κ3) is 5.59. The zero-order valence-corrected chi connectivity index (χ0v) is 12.5. The highest BCUT2D eigenvalue weighted by Crippen LogP contribution is 2.10. The molecule has 0 saturated heterocycles. The van der Waals surface area contributed by atoms with Crippen molar-refractivity contribution in [1.29, 1.82) is 0 Å². The van der Waals surface area contributed by atoms with E-state index in [0.717, 1.165) is 37.4 Å². The molecule has 112 valence electrons. The molecule has 0 aliphatic carbocycles. The van der Waals surface area contributed by atoms with Gasteiger partial charge in [0, 0.05) is 25.3 Å². The van der Waals surface area contributed by atoms with Crippen LogP contribution in [0.5, 0.6) is 0 Å². The molecule has 0 unspecified atom stereocenters. The summed E-state index contributed by atoms with van der Waals surface area (Å²) in [5, 5.41) is 15.0. The molecular weight excluding hydrogens is 254 g/mol. The summed E-state index contributed by atoms with van der Waals surface area (Å²) in [5.74, 6) is 0.707. The molecule has 0 atom stereocenters. The Labute approximate surface area is 120 Å². The van der Waals surface area contributed by atoms with Crippen LogP contribution in [0.15, 0.2) is 23.4 Å². The summed E-state index contributed by atoms with van der Waals surface area (Å²) < 4.78 is 5.51. The fourth-order valence-corrected chi connectivity index (χ4v) is 1.80. The van der Waals surface area contributed by atoms with E-state index in [-0.39, 0.29) is 5.84 Å². The SMILES string of the molecule is Cc1cc(/C(N)=N/O)ccc1CNCCOCC(C)C. The van der Waals surface area contributed by atoms with Gasteiger partial charge in [-0.1, -0.05) is 31.1 Å². The van der Waals surface area contributed by atoms with Gasteiger partial charge in [0.05, 0.1) is 6.61 Å². The smallest absolute Gasteiger partial charge is 0.170 e. The summed E-state index contributed by atoms with van der Waals surface area (Å²) >= 11 is 0. The third-order valence-electron chi connectivity index (χ3n) is 2.94. The van der Waals surface area contributed by atoms with Gasteiger partial charge < -0.3 is 21.0 Å². The monoisotopic (exact) mass is 279 g/mol. The molecule has 0 amide bonds. The molecule has 4 N–H and O–H groups in total. The predicted molar refractivity (Wildman–Crippen MR) is 81.1 cm³/mol. The number of aryl methyl sites for hydroxylation is 1. The van der Waals surface area contributed by atoms with Gasteiger partial charge in [0.2, 0.25) is 0 Å². The van der Waals surface area contributed by atoms with E-state index in [9.17, 15) is 0 Å². The van der Waals surface area contributed by atoms with E-state index in [2.05, 4.69) is 24.3 Å². The summed E-state index contributed by atoms with van der Waals surface area (Å²) in [6.45, 7) is 9.43. The average molecular weight is 279 g/mol. The zero-order valence-electron chi connectivity index (χ0n) is 12.5. The summed E-state index contributed by atoms with van der Waals surface area (Å²) in [7, 11) is 0. The Morgan fingerprint density at radius 1 is 1.45 bits per heavy atom. The highest BCUT2D eigenvalue weighted by atomic mass is 16.5. The summed E-state index contributed by atoms with van der Waals surface area (Å²) in [4.78, 5) is 0. The third-order valence-corrected chi connectivity index (χ3v) is 2.94. The standard InChI is InChI=1S/C15H25N3O2/c1-11(2)10-20-7-6-17-9-14-5-4-13(8-12(14)3)15(16)18-19/h4-5,8,11,17,19H,6-7,9-10H2,1-3H3,(H2,16,18). The van der Waals surface area contributed by atoms with Crippen molar-refractivity contribution in [2.75, 3.05) is 19.8 Å². The lowest BCUT2D eigenvalue weighted by Gasteiger charge is -2.10. The van der Waals surface area contributed by atoms with Crippen molar-refractivity contribution in [3.63, 3.8) is 0 Å². The number of benzene rings is 1. The second-order valence-electron chi connectivity index (χ2n) is 5.27. The van der Waals surface area contributed by atoms with E-state index < -0.39 is 0 Å². The first-order valence-electron chi connectivity index (χ1n) is 6.90. The van der Waals surface area contributed by atoms with Crippen LogP contribution in [0.1, 0.15) is 30.5 Å². The first kappa shape index (κ1) is 16.5. The van der Waals surface area contributed by atoms with Crippen molar-refractivity contribution in [2.45, 2.75) is 27.3 Å². The number of amidine groups is 1. The first-order valence-corrected chi connectivity index (χ1v) is 6.90. The minimum absolute atomic E-state index is 0.134. The van der Waals surface area contributed by atoms with Gasteiger partial charge in [-0.3, -0.25) is 0 Å². The lowest BCUT2D eigenvalue weighted by Crippen LogP contribution is -2.21. The molecule has 0 spiro atoms. The number of rotatable bonds is 8. The molecule has 5 nitrogen and oxygen atoms in total. The second-order valence-corrected chi connectivity index (χ2v) is 5.27. The van der Waals surface area contributed by atoms with Crippen molar-refractivity contribution in [1.82, 2.24) is 5.32 Å². The van der Waals surface area contributed by atoms with Gasteiger partial charge in [-0.25, -0.2) is 0 Å². The number of ether oxygens (including phenoxy) is 1. The van der Waals surface area contributed by atoms with Crippen LogP contribution in [0.25, 0.3) is 0 Å².